The number of aryl methyl sites for hydroxylation is 1. The number of hydrogen-bond donors (Lipinski definition) is 4. The number of amides is 2. The molecular formula is C39H40Cl2N6O3. The molecule has 0 bridgehead atoms. The Kier molecular flexibility index (Phi) is 10.1. The van der Waals surface area contributed by atoms with Gasteiger partial charge in [0.2, 0.25) is 17.7 Å². The van der Waals surface area contributed by atoms with Crippen molar-refractivity contribution in [1.29, 1.82) is 0 Å². The van der Waals surface area contributed by atoms with Crippen molar-refractivity contribution in [2.24, 2.45) is 7.05 Å². The predicted molar refractivity (Wildman–Crippen MR) is 199 cm³/mol. The van der Waals surface area contributed by atoms with E-state index in [-0.39, 0.29) is 23.9 Å². The molecule has 50 heavy (non-hydrogen) atoms. The largest absolute Gasteiger partial charge is 0.481 e. The number of hydrogen-bond acceptors (Lipinski definition) is 6. The van der Waals surface area contributed by atoms with Gasteiger partial charge in [0, 0.05) is 103 Å². The quantitative estimate of drug-likeness (QED) is 0.116. The SMILES string of the molecule is COc1nc(-c2cccc(-c3cccc(-c4ccc5c(CNC[C@H]6CCC(=O)N6)cn(C)c5c4)c3Cl)c2Cl)ccc1CNC[C@@H]1CCC(=O)N1. The van der Waals surface area contributed by atoms with Gasteiger partial charge in [0.25, 0.3) is 0 Å². The number of nitrogens with zero attached hydrogens (tertiary/aromatic N) is 2. The van der Waals surface area contributed by atoms with E-state index in [1.54, 1.807) is 7.11 Å². The summed E-state index contributed by atoms with van der Waals surface area (Å²) in [5, 5.41) is 15.3. The van der Waals surface area contributed by atoms with Crippen LogP contribution in [0, 0.1) is 0 Å². The zero-order valence-corrected chi connectivity index (χ0v) is 29.6. The van der Waals surface area contributed by atoms with Crippen LogP contribution in [0.4, 0.5) is 0 Å². The van der Waals surface area contributed by atoms with E-state index < -0.39 is 0 Å². The van der Waals surface area contributed by atoms with Gasteiger partial charge < -0.3 is 30.6 Å². The fourth-order valence-electron chi connectivity index (χ4n) is 7.03. The topological polar surface area (TPSA) is 109 Å². The Bertz CT molecular complexity index is 2080. The number of pyridine rings is 1. The highest BCUT2D eigenvalue weighted by Gasteiger charge is 2.22. The minimum atomic E-state index is 0.105. The first-order valence-corrected chi connectivity index (χ1v) is 17.7. The molecule has 7 rings (SSSR count). The Hall–Kier alpha value is -4.41. The molecule has 0 aliphatic carbocycles. The lowest BCUT2D eigenvalue weighted by atomic mass is 9.96. The number of ether oxygens (including phenoxy) is 1. The number of carbonyl (C=O) groups excluding carboxylic acids is 2. The van der Waals surface area contributed by atoms with Gasteiger partial charge in [0.1, 0.15) is 0 Å². The number of carbonyl (C=O) groups is 2. The van der Waals surface area contributed by atoms with Crippen molar-refractivity contribution in [2.45, 2.75) is 50.9 Å². The third-order valence-electron chi connectivity index (χ3n) is 9.66. The fourth-order valence-corrected chi connectivity index (χ4v) is 7.69. The molecule has 0 saturated carbocycles. The van der Waals surface area contributed by atoms with Gasteiger partial charge in [-0.1, -0.05) is 77.8 Å². The van der Waals surface area contributed by atoms with Crippen LogP contribution in [0.2, 0.25) is 10.0 Å². The number of aromatic nitrogens is 2. The molecule has 2 atom stereocenters. The van der Waals surface area contributed by atoms with Crippen molar-refractivity contribution in [3.05, 3.63) is 94.1 Å². The summed E-state index contributed by atoms with van der Waals surface area (Å²) < 4.78 is 7.81. The molecule has 5 aromatic rings. The Morgan fingerprint density at radius 1 is 0.800 bits per heavy atom. The summed E-state index contributed by atoms with van der Waals surface area (Å²) in [4.78, 5) is 27.9. The molecule has 2 saturated heterocycles. The smallest absolute Gasteiger partial charge is 0.220 e. The van der Waals surface area contributed by atoms with Gasteiger partial charge in [0.15, 0.2) is 0 Å². The molecule has 2 fully saturated rings. The number of nitrogens with one attached hydrogen (secondary N) is 4. The number of fused-ring (bicyclic) bond motifs is 1. The lowest BCUT2D eigenvalue weighted by Gasteiger charge is -2.16. The zero-order valence-electron chi connectivity index (χ0n) is 28.1. The Balaban J connectivity index is 1.11. The Morgan fingerprint density at radius 3 is 2.02 bits per heavy atom. The van der Waals surface area contributed by atoms with E-state index in [4.69, 9.17) is 32.9 Å². The van der Waals surface area contributed by atoms with Crippen molar-refractivity contribution < 1.29 is 14.3 Å². The average molecular weight is 712 g/mol. The summed E-state index contributed by atoms with van der Waals surface area (Å²) in [6, 6.07) is 22.6. The molecule has 9 nitrogen and oxygen atoms in total. The van der Waals surface area contributed by atoms with Crippen molar-refractivity contribution in [2.75, 3.05) is 20.2 Å². The van der Waals surface area contributed by atoms with Crippen LogP contribution in [0.5, 0.6) is 5.88 Å². The highest BCUT2D eigenvalue weighted by Crippen LogP contribution is 2.43. The first-order chi connectivity index (χ1) is 24.3. The highest BCUT2D eigenvalue weighted by atomic mass is 35.5. The molecule has 4 heterocycles. The fraction of sp³-hybridized carbons (Fsp3) is 0.308. The van der Waals surface area contributed by atoms with E-state index in [1.165, 1.54) is 10.9 Å². The normalized spacial score (nSPS) is 17.4. The monoisotopic (exact) mass is 710 g/mol. The van der Waals surface area contributed by atoms with Gasteiger partial charge in [0.05, 0.1) is 22.8 Å². The second-order valence-corrected chi connectivity index (χ2v) is 13.8. The summed E-state index contributed by atoms with van der Waals surface area (Å²) >= 11 is 14.3. The van der Waals surface area contributed by atoms with Gasteiger partial charge in [-0.3, -0.25) is 9.59 Å². The van der Waals surface area contributed by atoms with Crippen LogP contribution in [-0.2, 0) is 29.7 Å². The van der Waals surface area contributed by atoms with Crippen LogP contribution < -0.4 is 26.0 Å². The van der Waals surface area contributed by atoms with Gasteiger partial charge in [-0.15, -0.1) is 0 Å². The lowest BCUT2D eigenvalue weighted by molar-refractivity contribution is -0.120. The number of rotatable bonds is 12. The lowest BCUT2D eigenvalue weighted by Crippen LogP contribution is -2.35. The number of halogens is 2. The molecular weight excluding hydrogens is 671 g/mol. The van der Waals surface area contributed by atoms with Crippen molar-refractivity contribution >= 4 is 45.9 Å². The molecule has 11 heteroatoms. The van der Waals surface area contributed by atoms with Crippen molar-refractivity contribution in [1.82, 2.24) is 30.8 Å². The average Bonchev–Trinajstić information content (AvgIpc) is 3.83. The van der Waals surface area contributed by atoms with E-state index in [0.717, 1.165) is 64.8 Å². The molecule has 2 amide bonds. The molecule has 2 aliphatic rings. The summed E-state index contributed by atoms with van der Waals surface area (Å²) in [5.41, 5.74) is 8.28. The predicted octanol–water partition coefficient (Wildman–Crippen LogP) is 6.63. The number of methoxy groups -OCH3 is 1. The van der Waals surface area contributed by atoms with E-state index in [2.05, 4.69) is 57.3 Å². The van der Waals surface area contributed by atoms with Crippen molar-refractivity contribution in [3.63, 3.8) is 0 Å². The third-order valence-corrected chi connectivity index (χ3v) is 10.5. The van der Waals surface area contributed by atoms with Crippen LogP contribution in [0.1, 0.15) is 36.8 Å². The molecule has 0 unspecified atom stereocenters. The van der Waals surface area contributed by atoms with E-state index in [0.29, 0.717) is 47.6 Å². The zero-order chi connectivity index (χ0) is 34.8. The molecule has 4 N–H and O–H groups in total. The van der Waals surface area contributed by atoms with E-state index in [1.807, 2.05) is 48.5 Å². The molecule has 0 spiro atoms. The molecule has 2 aromatic heterocycles. The van der Waals surface area contributed by atoms with Gasteiger partial charge in [-0.2, -0.15) is 0 Å². The van der Waals surface area contributed by atoms with Crippen LogP contribution in [-0.4, -0.2) is 53.6 Å². The molecule has 3 aromatic carbocycles. The minimum absolute atomic E-state index is 0.105. The highest BCUT2D eigenvalue weighted by molar-refractivity contribution is 6.39. The standard InChI is InChI=1S/C39H40Cl2N6O3/c1-47-22-25(19-43-21-27-12-16-36(49)45-27)28-13-9-23(17-34(28)47)29-5-3-6-30(37(29)40)31-7-4-8-32(38(31)41)33-14-10-24(39(46-33)50-2)18-42-20-26-11-15-35(48)44-26/h3-10,13-14,17,22,26-27,42-43H,11-12,15-16,18-21H2,1-2H3,(H,44,48)(H,45,49)/t26-,27+/m0/s1. The maximum absolute atomic E-state index is 11.6. The van der Waals surface area contributed by atoms with Crippen LogP contribution in [0.25, 0.3) is 44.4 Å². The first-order valence-electron chi connectivity index (χ1n) is 17.0. The number of benzene rings is 3. The van der Waals surface area contributed by atoms with Gasteiger partial charge in [-0.05, 0) is 36.1 Å². The van der Waals surface area contributed by atoms with Crippen molar-refractivity contribution in [3.8, 4) is 39.4 Å². The van der Waals surface area contributed by atoms with Crippen LogP contribution in [0.15, 0.2) is 72.9 Å². The molecule has 258 valence electrons. The summed E-state index contributed by atoms with van der Waals surface area (Å²) in [7, 11) is 3.67. The Labute approximate surface area is 301 Å². The second-order valence-electron chi connectivity index (χ2n) is 13.1. The van der Waals surface area contributed by atoms with Crippen LogP contribution in [0.3, 0.4) is 0 Å². The van der Waals surface area contributed by atoms with E-state index in [9.17, 15) is 9.59 Å². The maximum Gasteiger partial charge on any atom is 0.220 e. The van der Waals surface area contributed by atoms with Crippen LogP contribution >= 0.6 is 23.2 Å². The van der Waals surface area contributed by atoms with Gasteiger partial charge in [-0.25, -0.2) is 4.98 Å². The Morgan fingerprint density at radius 2 is 1.40 bits per heavy atom. The van der Waals surface area contributed by atoms with Gasteiger partial charge >= 0.3 is 0 Å². The molecule has 2 aliphatic heterocycles. The minimum Gasteiger partial charge on any atom is -0.481 e. The molecule has 0 radical (unpaired) electrons. The summed E-state index contributed by atoms with van der Waals surface area (Å²) in [5.74, 6) is 0.755. The second kappa shape index (κ2) is 14.8. The summed E-state index contributed by atoms with van der Waals surface area (Å²) in [6.07, 6.45) is 5.06. The van der Waals surface area contributed by atoms with E-state index >= 15 is 0 Å². The maximum atomic E-state index is 11.6. The first kappa shape index (κ1) is 34.1. The third kappa shape index (κ3) is 7.09. The summed E-state index contributed by atoms with van der Waals surface area (Å²) in [6.45, 7) is 2.72.